The molecule has 4 rings (SSSR count). The topological polar surface area (TPSA) is 71.7 Å². The standard InChI is InChI=1S/C23H25ClN4O3/c1-16-3-5-18(6-4-16)22-25-20(31-26-22)15-27-11-13-28(14-12-27)21(23(29)30-2)17-7-9-19(24)10-8-17/h3-10,21H,11-15H2,1-2H3. The Morgan fingerprint density at radius 2 is 1.77 bits per heavy atom. The van der Waals surface area contributed by atoms with E-state index in [1.54, 1.807) is 12.1 Å². The monoisotopic (exact) mass is 440 g/mol. The number of methoxy groups -OCH3 is 1. The van der Waals surface area contributed by atoms with E-state index in [9.17, 15) is 4.79 Å². The Hall–Kier alpha value is -2.74. The SMILES string of the molecule is COC(=O)C(c1ccc(Cl)cc1)N1CCN(Cc2nc(-c3ccc(C)cc3)no2)CC1. The second kappa shape index (κ2) is 9.60. The first kappa shape index (κ1) is 21.5. The molecule has 8 heteroatoms. The highest BCUT2D eigenvalue weighted by molar-refractivity contribution is 6.30. The van der Waals surface area contributed by atoms with Gasteiger partial charge in [0.15, 0.2) is 0 Å². The number of hydrogen-bond acceptors (Lipinski definition) is 7. The summed E-state index contributed by atoms with van der Waals surface area (Å²) in [6.45, 7) is 5.63. The molecule has 1 unspecified atom stereocenters. The highest BCUT2D eigenvalue weighted by Gasteiger charge is 2.31. The van der Waals surface area contributed by atoms with Crippen LogP contribution >= 0.6 is 11.6 Å². The maximum absolute atomic E-state index is 12.5. The molecule has 31 heavy (non-hydrogen) atoms. The zero-order chi connectivity index (χ0) is 21.8. The van der Waals surface area contributed by atoms with E-state index in [2.05, 4.69) is 19.9 Å². The Morgan fingerprint density at radius 3 is 2.42 bits per heavy atom. The molecule has 2 heterocycles. The summed E-state index contributed by atoms with van der Waals surface area (Å²) in [4.78, 5) is 21.4. The number of aryl methyl sites for hydroxylation is 1. The number of piperazine rings is 1. The van der Waals surface area contributed by atoms with Crippen LogP contribution in [0.1, 0.15) is 23.1 Å². The summed E-state index contributed by atoms with van der Waals surface area (Å²) in [6.07, 6.45) is 0. The second-order valence-corrected chi connectivity index (χ2v) is 8.10. The lowest BCUT2D eigenvalue weighted by molar-refractivity contribution is -0.148. The number of hydrogen-bond donors (Lipinski definition) is 0. The number of halogens is 1. The van der Waals surface area contributed by atoms with Crippen LogP contribution in [0.15, 0.2) is 53.1 Å². The molecule has 1 aliphatic rings. The Balaban J connectivity index is 1.38. The Morgan fingerprint density at radius 1 is 1.10 bits per heavy atom. The minimum Gasteiger partial charge on any atom is -0.468 e. The first-order valence-electron chi connectivity index (χ1n) is 10.2. The molecule has 0 amide bonds. The van der Waals surface area contributed by atoms with Gasteiger partial charge in [-0.05, 0) is 24.6 Å². The van der Waals surface area contributed by atoms with Crippen molar-refractivity contribution in [3.8, 4) is 11.4 Å². The normalized spacial score (nSPS) is 16.2. The fourth-order valence-electron chi connectivity index (χ4n) is 3.76. The number of esters is 1. The van der Waals surface area contributed by atoms with Gasteiger partial charge in [0, 0.05) is 36.8 Å². The van der Waals surface area contributed by atoms with Gasteiger partial charge in [0.25, 0.3) is 0 Å². The van der Waals surface area contributed by atoms with Gasteiger partial charge < -0.3 is 9.26 Å². The smallest absolute Gasteiger partial charge is 0.327 e. The minimum absolute atomic E-state index is 0.268. The molecular weight excluding hydrogens is 416 g/mol. The van der Waals surface area contributed by atoms with Crippen molar-refractivity contribution < 1.29 is 14.1 Å². The van der Waals surface area contributed by atoms with Gasteiger partial charge in [-0.1, -0.05) is 58.7 Å². The molecule has 3 aromatic rings. The molecular formula is C23H25ClN4O3. The van der Waals surface area contributed by atoms with E-state index in [1.807, 2.05) is 43.3 Å². The van der Waals surface area contributed by atoms with Crippen LogP contribution in [0.2, 0.25) is 5.02 Å². The van der Waals surface area contributed by atoms with Crippen molar-refractivity contribution in [1.29, 1.82) is 0 Å². The largest absolute Gasteiger partial charge is 0.468 e. The van der Waals surface area contributed by atoms with Gasteiger partial charge in [0.05, 0.1) is 13.7 Å². The van der Waals surface area contributed by atoms with Crippen molar-refractivity contribution in [3.05, 3.63) is 70.6 Å². The van der Waals surface area contributed by atoms with Crippen LogP contribution in [0, 0.1) is 6.92 Å². The minimum atomic E-state index is -0.444. The third kappa shape index (κ3) is 5.12. The van der Waals surface area contributed by atoms with Crippen molar-refractivity contribution in [2.75, 3.05) is 33.3 Å². The van der Waals surface area contributed by atoms with Gasteiger partial charge in [0.2, 0.25) is 11.7 Å². The average molecular weight is 441 g/mol. The summed E-state index contributed by atoms with van der Waals surface area (Å²) in [7, 11) is 1.42. The first-order chi connectivity index (χ1) is 15.0. The Kier molecular flexibility index (Phi) is 6.65. The van der Waals surface area contributed by atoms with Crippen molar-refractivity contribution >= 4 is 17.6 Å². The van der Waals surface area contributed by atoms with Crippen molar-refractivity contribution in [2.24, 2.45) is 0 Å². The molecule has 0 radical (unpaired) electrons. The average Bonchev–Trinajstić information content (AvgIpc) is 3.25. The zero-order valence-corrected chi connectivity index (χ0v) is 18.4. The highest BCUT2D eigenvalue weighted by Crippen LogP contribution is 2.25. The van der Waals surface area contributed by atoms with Gasteiger partial charge >= 0.3 is 5.97 Å². The van der Waals surface area contributed by atoms with Crippen molar-refractivity contribution in [2.45, 2.75) is 19.5 Å². The van der Waals surface area contributed by atoms with E-state index < -0.39 is 6.04 Å². The number of rotatable bonds is 6. The lowest BCUT2D eigenvalue weighted by Gasteiger charge is -2.37. The quantitative estimate of drug-likeness (QED) is 0.541. The fraction of sp³-hybridized carbons (Fsp3) is 0.348. The van der Waals surface area contributed by atoms with Gasteiger partial charge in [0.1, 0.15) is 6.04 Å². The number of carbonyl (C=O) groups excluding carboxylic acids is 1. The molecule has 2 aromatic carbocycles. The molecule has 1 aromatic heterocycles. The van der Waals surface area contributed by atoms with E-state index >= 15 is 0 Å². The predicted molar refractivity (Wildman–Crippen MR) is 118 cm³/mol. The van der Waals surface area contributed by atoms with Crippen LogP contribution in [-0.2, 0) is 16.1 Å². The summed E-state index contributed by atoms with van der Waals surface area (Å²) >= 11 is 6.00. The van der Waals surface area contributed by atoms with E-state index in [1.165, 1.54) is 12.7 Å². The van der Waals surface area contributed by atoms with Crippen LogP contribution in [0.25, 0.3) is 11.4 Å². The number of nitrogens with zero attached hydrogens (tertiary/aromatic N) is 4. The molecule has 7 nitrogen and oxygen atoms in total. The Bertz CT molecular complexity index is 1010. The Labute approximate surface area is 186 Å². The van der Waals surface area contributed by atoms with Gasteiger partial charge in [-0.15, -0.1) is 0 Å². The summed E-state index contributed by atoms with van der Waals surface area (Å²) in [5, 5.41) is 4.75. The maximum atomic E-state index is 12.5. The zero-order valence-electron chi connectivity index (χ0n) is 17.6. The lowest BCUT2D eigenvalue weighted by atomic mass is 10.0. The molecule has 0 N–H and O–H groups in total. The predicted octanol–water partition coefficient (Wildman–Crippen LogP) is 3.73. The van der Waals surface area contributed by atoms with Gasteiger partial charge in [-0.25, -0.2) is 4.79 Å². The van der Waals surface area contributed by atoms with E-state index in [0.717, 1.165) is 37.3 Å². The molecule has 0 saturated carbocycles. The molecule has 162 valence electrons. The molecule has 1 fully saturated rings. The third-order valence-corrected chi connectivity index (χ3v) is 5.77. The summed E-state index contributed by atoms with van der Waals surface area (Å²) in [6, 6.07) is 14.9. The summed E-state index contributed by atoms with van der Waals surface area (Å²) < 4.78 is 10.5. The van der Waals surface area contributed by atoms with E-state index in [-0.39, 0.29) is 5.97 Å². The molecule has 0 spiro atoms. The van der Waals surface area contributed by atoms with Crippen LogP contribution < -0.4 is 0 Å². The van der Waals surface area contributed by atoms with Crippen molar-refractivity contribution in [1.82, 2.24) is 19.9 Å². The second-order valence-electron chi connectivity index (χ2n) is 7.67. The number of carbonyl (C=O) groups is 1. The molecule has 0 bridgehead atoms. The summed E-state index contributed by atoms with van der Waals surface area (Å²) in [5.41, 5.74) is 3.01. The van der Waals surface area contributed by atoms with Gasteiger partial charge in [-0.3, -0.25) is 9.80 Å². The molecule has 1 aliphatic heterocycles. The fourth-order valence-corrected chi connectivity index (χ4v) is 3.89. The van der Waals surface area contributed by atoms with E-state index in [4.69, 9.17) is 20.9 Å². The van der Waals surface area contributed by atoms with Crippen LogP contribution in [-0.4, -0.2) is 59.2 Å². The number of benzene rings is 2. The summed E-state index contributed by atoms with van der Waals surface area (Å²) in [5.74, 6) is 0.920. The van der Waals surface area contributed by atoms with Crippen LogP contribution in [0.4, 0.5) is 0 Å². The van der Waals surface area contributed by atoms with E-state index in [0.29, 0.717) is 23.3 Å². The number of ether oxygens (including phenoxy) is 1. The molecule has 1 saturated heterocycles. The molecule has 0 aliphatic carbocycles. The molecule has 1 atom stereocenters. The lowest BCUT2D eigenvalue weighted by Crippen LogP contribution is -2.49. The van der Waals surface area contributed by atoms with Crippen LogP contribution in [0.3, 0.4) is 0 Å². The van der Waals surface area contributed by atoms with Crippen LogP contribution in [0.5, 0.6) is 0 Å². The number of aromatic nitrogens is 2. The van der Waals surface area contributed by atoms with Crippen molar-refractivity contribution in [3.63, 3.8) is 0 Å². The maximum Gasteiger partial charge on any atom is 0.327 e. The first-order valence-corrected chi connectivity index (χ1v) is 10.6. The van der Waals surface area contributed by atoms with Gasteiger partial charge in [-0.2, -0.15) is 4.98 Å². The third-order valence-electron chi connectivity index (χ3n) is 5.52. The highest BCUT2D eigenvalue weighted by atomic mass is 35.5.